The average Bonchev–Trinajstić information content (AvgIpc) is 2.93. The third-order valence-electron chi connectivity index (χ3n) is 5.93. The molecular formula is C28H28N4O6S. The molecule has 0 atom stereocenters. The van der Waals surface area contributed by atoms with Gasteiger partial charge >= 0.3 is 12.0 Å². The molecule has 0 fully saturated rings. The summed E-state index contributed by atoms with van der Waals surface area (Å²) in [6, 6.07) is 21.3. The maximum absolute atomic E-state index is 13.0. The van der Waals surface area contributed by atoms with Crippen LogP contribution in [0, 0.1) is 0 Å². The van der Waals surface area contributed by atoms with E-state index in [-0.39, 0.29) is 36.6 Å². The third-order valence-corrected chi connectivity index (χ3v) is 7.28. The minimum Gasteiger partial charge on any atom is -0.466 e. The van der Waals surface area contributed by atoms with Crippen LogP contribution in [-0.2, 0) is 45.5 Å². The average molecular weight is 549 g/mol. The molecule has 0 saturated carbocycles. The summed E-state index contributed by atoms with van der Waals surface area (Å²) in [7, 11) is -4.07. The smallest absolute Gasteiger partial charge is 0.328 e. The molecule has 3 aromatic carbocycles. The van der Waals surface area contributed by atoms with Gasteiger partial charge in [0.15, 0.2) is 0 Å². The molecule has 0 aliphatic rings. The number of aryl methyl sites for hydroxylation is 2. The Morgan fingerprint density at radius 1 is 0.897 bits per heavy atom. The van der Waals surface area contributed by atoms with Gasteiger partial charge in [0.05, 0.1) is 29.0 Å². The molecule has 0 saturated heterocycles. The van der Waals surface area contributed by atoms with Crippen molar-refractivity contribution in [3.63, 3.8) is 0 Å². The summed E-state index contributed by atoms with van der Waals surface area (Å²) in [6.07, 6.45) is 0.322. The van der Waals surface area contributed by atoms with E-state index in [4.69, 9.17) is 4.74 Å². The SMILES string of the molecule is CCOC(=O)Cc1nn(CCc2ccc(S(=O)(=O)NC(=O)NCc3ccccc3)cc2)c(=O)c2ccccc12. The number of sulfonamides is 1. The Balaban J connectivity index is 1.43. The number of nitrogens with one attached hydrogen (secondary N) is 2. The van der Waals surface area contributed by atoms with Crippen molar-refractivity contribution in [2.75, 3.05) is 6.61 Å². The van der Waals surface area contributed by atoms with Gasteiger partial charge in [-0.2, -0.15) is 5.10 Å². The number of esters is 1. The van der Waals surface area contributed by atoms with Gasteiger partial charge in [0.25, 0.3) is 15.6 Å². The number of urea groups is 1. The summed E-state index contributed by atoms with van der Waals surface area (Å²) in [5, 5.41) is 7.99. The Kier molecular flexibility index (Phi) is 8.72. The predicted molar refractivity (Wildman–Crippen MR) is 145 cm³/mol. The van der Waals surface area contributed by atoms with Crippen LogP contribution >= 0.6 is 0 Å². The molecule has 1 heterocycles. The van der Waals surface area contributed by atoms with E-state index in [1.165, 1.54) is 16.8 Å². The lowest BCUT2D eigenvalue weighted by Crippen LogP contribution is -2.39. The van der Waals surface area contributed by atoms with E-state index in [9.17, 15) is 22.8 Å². The van der Waals surface area contributed by atoms with Crippen LogP contribution in [0.3, 0.4) is 0 Å². The van der Waals surface area contributed by atoms with Crippen LogP contribution in [0.5, 0.6) is 0 Å². The van der Waals surface area contributed by atoms with Gasteiger partial charge in [-0.3, -0.25) is 9.59 Å². The summed E-state index contributed by atoms with van der Waals surface area (Å²) < 4.78 is 33.6. The van der Waals surface area contributed by atoms with Gasteiger partial charge in [-0.25, -0.2) is 22.6 Å². The van der Waals surface area contributed by atoms with Crippen molar-refractivity contribution in [2.24, 2.45) is 0 Å². The molecule has 11 heteroatoms. The van der Waals surface area contributed by atoms with Crippen LogP contribution in [0.1, 0.15) is 23.7 Å². The molecule has 0 aliphatic carbocycles. The molecule has 0 spiro atoms. The fourth-order valence-electron chi connectivity index (χ4n) is 4.00. The van der Waals surface area contributed by atoms with Gasteiger partial charge in [0.1, 0.15) is 0 Å². The largest absolute Gasteiger partial charge is 0.466 e. The second kappa shape index (κ2) is 12.4. The highest BCUT2D eigenvalue weighted by Gasteiger charge is 2.18. The van der Waals surface area contributed by atoms with Crippen molar-refractivity contribution in [1.29, 1.82) is 0 Å². The molecule has 4 rings (SSSR count). The van der Waals surface area contributed by atoms with Crippen molar-refractivity contribution >= 4 is 32.8 Å². The first-order valence-electron chi connectivity index (χ1n) is 12.3. The summed E-state index contributed by atoms with van der Waals surface area (Å²) >= 11 is 0. The standard InChI is InChI=1S/C28H28N4O6S/c1-2-38-26(33)18-25-23-10-6-7-11-24(23)27(34)32(30-25)17-16-20-12-14-22(15-13-20)39(36,37)31-28(35)29-19-21-8-4-3-5-9-21/h3-15H,2,16-19H2,1H3,(H2,29,31,35). The van der Waals surface area contributed by atoms with E-state index in [1.54, 1.807) is 43.3 Å². The first-order valence-corrected chi connectivity index (χ1v) is 13.8. The number of rotatable bonds is 10. The van der Waals surface area contributed by atoms with E-state index >= 15 is 0 Å². The molecule has 39 heavy (non-hydrogen) atoms. The van der Waals surface area contributed by atoms with Crippen LogP contribution < -0.4 is 15.6 Å². The fourth-order valence-corrected chi connectivity index (χ4v) is 4.93. The van der Waals surface area contributed by atoms with Crippen LogP contribution in [0.4, 0.5) is 4.79 Å². The molecule has 0 radical (unpaired) electrons. The lowest BCUT2D eigenvalue weighted by atomic mass is 10.1. The minimum absolute atomic E-state index is 0.0624. The summed E-state index contributed by atoms with van der Waals surface area (Å²) in [5.41, 5.74) is 1.75. The molecule has 0 bridgehead atoms. The van der Waals surface area contributed by atoms with E-state index < -0.39 is 22.0 Å². The van der Waals surface area contributed by atoms with Gasteiger partial charge in [0, 0.05) is 18.5 Å². The van der Waals surface area contributed by atoms with Gasteiger partial charge in [-0.1, -0.05) is 60.7 Å². The Hall–Kier alpha value is -4.51. The van der Waals surface area contributed by atoms with Crippen LogP contribution in [0.25, 0.3) is 10.8 Å². The zero-order valence-corrected chi connectivity index (χ0v) is 22.1. The summed E-state index contributed by atoms with van der Waals surface area (Å²) in [5.74, 6) is -0.431. The fraction of sp³-hybridized carbons (Fsp3) is 0.214. The lowest BCUT2D eigenvalue weighted by Gasteiger charge is -2.12. The second-order valence-corrected chi connectivity index (χ2v) is 10.4. The molecule has 0 aliphatic heterocycles. The molecular weight excluding hydrogens is 520 g/mol. The number of aromatic nitrogens is 2. The predicted octanol–water partition coefficient (Wildman–Crippen LogP) is 2.93. The molecule has 4 aromatic rings. The highest BCUT2D eigenvalue weighted by Crippen LogP contribution is 2.15. The number of nitrogens with zero attached hydrogens (tertiary/aromatic N) is 2. The molecule has 10 nitrogen and oxygen atoms in total. The van der Waals surface area contributed by atoms with E-state index in [2.05, 4.69) is 10.4 Å². The zero-order valence-electron chi connectivity index (χ0n) is 21.3. The van der Waals surface area contributed by atoms with Crippen molar-refractivity contribution < 1.29 is 22.7 Å². The second-order valence-electron chi connectivity index (χ2n) is 8.67. The van der Waals surface area contributed by atoms with Crippen LogP contribution in [-0.4, -0.2) is 36.8 Å². The first kappa shape index (κ1) is 27.5. The maximum atomic E-state index is 13.0. The number of carbonyl (C=O) groups is 2. The quantitative estimate of drug-likeness (QED) is 0.291. The topological polar surface area (TPSA) is 136 Å². The molecule has 2 amide bonds. The minimum atomic E-state index is -4.07. The van der Waals surface area contributed by atoms with Crippen molar-refractivity contribution in [1.82, 2.24) is 19.8 Å². The Morgan fingerprint density at radius 3 is 2.26 bits per heavy atom. The number of amides is 2. The number of ether oxygens (including phenoxy) is 1. The van der Waals surface area contributed by atoms with E-state index in [0.717, 1.165) is 11.1 Å². The molecule has 1 aromatic heterocycles. The number of fused-ring (bicyclic) bond motifs is 1. The van der Waals surface area contributed by atoms with Gasteiger partial charge < -0.3 is 10.1 Å². The number of hydrogen-bond donors (Lipinski definition) is 2. The Labute approximate surface area is 225 Å². The summed E-state index contributed by atoms with van der Waals surface area (Å²) in [6.45, 7) is 2.37. The first-order chi connectivity index (χ1) is 18.8. The Morgan fingerprint density at radius 2 is 1.56 bits per heavy atom. The van der Waals surface area contributed by atoms with Gasteiger partial charge in [-0.15, -0.1) is 0 Å². The molecule has 0 unspecified atom stereocenters. The number of carbonyl (C=O) groups excluding carboxylic acids is 2. The van der Waals surface area contributed by atoms with Crippen LogP contribution in [0.2, 0.25) is 0 Å². The number of benzene rings is 3. The highest BCUT2D eigenvalue weighted by atomic mass is 32.2. The van der Waals surface area contributed by atoms with Crippen LogP contribution in [0.15, 0.2) is 88.6 Å². The highest BCUT2D eigenvalue weighted by molar-refractivity contribution is 7.90. The Bertz CT molecular complexity index is 1630. The van der Waals surface area contributed by atoms with Gasteiger partial charge in [-0.05, 0) is 42.7 Å². The monoisotopic (exact) mass is 548 g/mol. The molecule has 2 N–H and O–H groups in total. The maximum Gasteiger partial charge on any atom is 0.328 e. The summed E-state index contributed by atoms with van der Waals surface area (Å²) in [4.78, 5) is 37.1. The van der Waals surface area contributed by atoms with Crippen molar-refractivity contribution in [3.05, 3.63) is 106 Å². The third kappa shape index (κ3) is 7.08. The van der Waals surface area contributed by atoms with E-state index in [1.807, 2.05) is 35.1 Å². The van der Waals surface area contributed by atoms with Crippen molar-refractivity contribution in [3.8, 4) is 0 Å². The lowest BCUT2D eigenvalue weighted by molar-refractivity contribution is -0.142. The number of hydrogen-bond acceptors (Lipinski definition) is 7. The zero-order chi connectivity index (χ0) is 27.8. The molecule has 202 valence electrons. The van der Waals surface area contributed by atoms with Crippen molar-refractivity contribution in [2.45, 2.75) is 37.8 Å². The normalized spacial score (nSPS) is 11.2. The van der Waals surface area contributed by atoms with Gasteiger partial charge in [0.2, 0.25) is 0 Å². The van der Waals surface area contributed by atoms with E-state index in [0.29, 0.717) is 22.9 Å².